The third-order valence-electron chi connectivity index (χ3n) is 4.17. The number of piperidine rings is 1. The maximum Gasteiger partial charge on any atom is 0.0233 e. The predicted molar refractivity (Wildman–Crippen MR) is 66.1 cm³/mol. The average Bonchev–Trinajstić information content (AvgIpc) is 2.77. The second kappa shape index (κ2) is 3.86. The van der Waals surface area contributed by atoms with Gasteiger partial charge in [0.25, 0.3) is 0 Å². The summed E-state index contributed by atoms with van der Waals surface area (Å²) in [7, 11) is 0. The molecule has 2 unspecified atom stereocenters. The molecular weight excluding hydrogens is 196 g/mol. The molecule has 2 heteroatoms. The van der Waals surface area contributed by atoms with E-state index in [1.807, 2.05) is 0 Å². The topological polar surface area (TPSA) is 29.3 Å². The molecule has 1 saturated heterocycles. The van der Waals surface area contributed by atoms with Gasteiger partial charge in [-0.1, -0.05) is 31.2 Å². The Morgan fingerprint density at radius 1 is 1.12 bits per heavy atom. The highest BCUT2D eigenvalue weighted by Gasteiger charge is 2.53. The van der Waals surface area contributed by atoms with Crippen LogP contribution in [-0.4, -0.2) is 24.0 Å². The van der Waals surface area contributed by atoms with Crippen molar-refractivity contribution >= 4 is 0 Å². The fourth-order valence-electron chi connectivity index (χ4n) is 2.93. The number of likely N-dealkylation sites (tertiary alicyclic amines) is 1. The number of hydrogen-bond donors (Lipinski definition) is 1. The molecule has 1 aliphatic heterocycles. The normalized spacial score (nSPS) is 32.8. The molecule has 1 saturated carbocycles. The highest BCUT2D eigenvalue weighted by molar-refractivity contribution is 5.23. The lowest BCUT2D eigenvalue weighted by molar-refractivity contribution is 0.290. The number of nitrogens with zero attached hydrogens (tertiary/aromatic N) is 1. The van der Waals surface area contributed by atoms with Crippen molar-refractivity contribution in [2.45, 2.75) is 25.9 Å². The van der Waals surface area contributed by atoms with Crippen LogP contribution in [0, 0.1) is 11.8 Å². The molecule has 2 atom stereocenters. The van der Waals surface area contributed by atoms with Gasteiger partial charge in [0.2, 0.25) is 0 Å². The minimum atomic E-state index is 0.513. The van der Waals surface area contributed by atoms with Crippen molar-refractivity contribution in [3.63, 3.8) is 0 Å². The van der Waals surface area contributed by atoms with Crippen molar-refractivity contribution in [2.24, 2.45) is 17.6 Å². The monoisotopic (exact) mass is 216 g/mol. The van der Waals surface area contributed by atoms with Crippen LogP contribution >= 0.6 is 0 Å². The Hall–Kier alpha value is -0.860. The highest BCUT2D eigenvalue weighted by Crippen LogP contribution is 2.44. The van der Waals surface area contributed by atoms with Crippen LogP contribution < -0.4 is 5.73 Å². The smallest absolute Gasteiger partial charge is 0.0233 e. The van der Waals surface area contributed by atoms with Gasteiger partial charge in [0.15, 0.2) is 0 Å². The molecule has 0 spiro atoms. The van der Waals surface area contributed by atoms with E-state index in [0.29, 0.717) is 6.04 Å². The molecule has 1 aromatic rings. The molecule has 0 bridgehead atoms. The molecule has 3 rings (SSSR count). The van der Waals surface area contributed by atoms with Crippen molar-refractivity contribution in [3.8, 4) is 0 Å². The second-order valence-electron chi connectivity index (χ2n) is 5.27. The lowest BCUT2D eigenvalue weighted by atomic mass is 10.1. The zero-order valence-corrected chi connectivity index (χ0v) is 9.89. The minimum absolute atomic E-state index is 0.513. The molecule has 1 aliphatic carbocycles. The fourth-order valence-corrected chi connectivity index (χ4v) is 2.93. The summed E-state index contributed by atoms with van der Waals surface area (Å²) in [5, 5.41) is 0. The quantitative estimate of drug-likeness (QED) is 0.832. The maximum absolute atomic E-state index is 5.94. The average molecular weight is 216 g/mol. The second-order valence-corrected chi connectivity index (χ2v) is 5.27. The van der Waals surface area contributed by atoms with E-state index in [2.05, 4.69) is 36.1 Å². The summed E-state index contributed by atoms with van der Waals surface area (Å²) in [6.07, 6.45) is 1.13. The summed E-state index contributed by atoms with van der Waals surface area (Å²) >= 11 is 0. The van der Waals surface area contributed by atoms with Crippen molar-refractivity contribution in [3.05, 3.63) is 35.4 Å². The minimum Gasteiger partial charge on any atom is -0.327 e. The van der Waals surface area contributed by atoms with E-state index in [0.717, 1.165) is 24.8 Å². The van der Waals surface area contributed by atoms with Crippen LogP contribution in [0.5, 0.6) is 0 Å². The largest absolute Gasteiger partial charge is 0.327 e. The highest BCUT2D eigenvalue weighted by atomic mass is 15.2. The molecule has 1 heterocycles. The molecule has 0 radical (unpaired) electrons. The Kier molecular flexibility index (Phi) is 2.49. The Morgan fingerprint density at radius 2 is 1.69 bits per heavy atom. The van der Waals surface area contributed by atoms with Gasteiger partial charge in [-0.2, -0.15) is 0 Å². The van der Waals surface area contributed by atoms with Gasteiger partial charge in [-0.05, 0) is 29.4 Å². The van der Waals surface area contributed by atoms with Crippen LogP contribution in [0.1, 0.15) is 18.1 Å². The third kappa shape index (κ3) is 1.76. The van der Waals surface area contributed by atoms with Gasteiger partial charge in [0.1, 0.15) is 0 Å². The fraction of sp³-hybridized carbons (Fsp3) is 0.571. The maximum atomic E-state index is 5.94. The zero-order chi connectivity index (χ0) is 11.1. The summed E-state index contributed by atoms with van der Waals surface area (Å²) in [5.41, 5.74) is 8.80. The molecule has 1 aromatic carbocycles. The number of fused-ring (bicyclic) bond motifs is 1. The van der Waals surface area contributed by atoms with Crippen LogP contribution in [0.15, 0.2) is 24.3 Å². The van der Waals surface area contributed by atoms with Crippen molar-refractivity contribution in [2.75, 3.05) is 13.1 Å². The van der Waals surface area contributed by atoms with Gasteiger partial charge in [-0.3, -0.25) is 4.90 Å². The van der Waals surface area contributed by atoms with Crippen LogP contribution in [0.25, 0.3) is 0 Å². The Bertz CT molecular complexity index is 359. The molecule has 16 heavy (non-hydrogen) atoms. The summed E-state index contributed by atoms with van der Waals surface area (Å²) in [6, 6.07) is 9.54. The lowest BCUT2D eigenvalue weighted by Gasteiger charge is -2.18. The van der Waals surface area contributed by atoms with Crippen molar-refractivity contribution < 1.29 is 0 Å². The van der Waals surface area contributed by atoms with Gasteiger partial charge in [-0.25, -0.2) is 0 Å². The SMILES string of the molecule is CCc1ccc(CN2CC3C(N)C3C2)cc1. The summed E-state index contributed by atoms with van der Waals surface area (Å²) in [5.74, 6) is 1.60. The van der Waals surface area contributed by atoms with E-state index in [4.69, 9.17) is 5.73 Å². The first kappa shape index (κ1) is 10.3. The van der Waals surface area contributed by atoms with E-state index in [-0.39, 0.29) is 0 Å². The molecule has 0 aromatic heterocycles. The summed E-state index contributed by atoms with van der Waals surface area (Å²) in [4.78, 5) is 2.54. The van der Waals surface area contributed by atoms with E-state index < -0.39 is 0 Å². The standard InChI is InChI=1S/C14H20N2/c1-2-10-3-5-11(6-4-10)7-16-8-12-13(9-16)14(12)15/h3-6,12-14H,2,7-9,15H2,1H3. The first-order valence-electron chi connectivity index (χ1n) is 6.33. The molecule has 0 amide bonds. The molecule has 2 fully saturated rings. The lowest BCUT2D eigenvalue weighted by Crippen LogP contribution is -2.27. The van der Waals surface area contributed by atoms with Crippen molar-refractivity contribution in [1.82, 2.24) is 4.90 Å². The zero-order valence-electron chi connectivity index (χ0n) is 9.89. The number of rotatable bonds is 3. The van der Waals surface area contributed by atoms with Gasteiger partial charge < -0.3 is 5.73 Å². The number of benzene rings is 1. The van der Waals surface area contributed by atoms with Gasteiger partial charge >= 0.3 is 0 Å². The molecule has 2 aliphatic rings. The Balaban J connectivity index is 1.58. The number of nitrogens with two attached hydrogens (primary N) is 1. The Labute approximate surface area is 97.4 Å². The van der Waals surface area contributed by atoms with Crippen LogP contribution in [-0.2, 0) is 13.0 Å². The summed E-state index contributed by atoms with van der Waals surface area (Å²) in [6.45, 7) is 5.72. The third-order valence-corrected chi connectivity index (χ3v) is 4.17. The van der Waals surface area contributed by atoms with E-state index in [1.165, 1.54) is 24.2 Å². The van der Waals surface area contributed by atoms with Gasteiger partial charge in [-0.15, -0.1) is 0 Å². The van der Waals surface area contributed by atoms with Gasteiger partial charge in [0, 0.05) is 25.7 Å². The summed E-state index contributed by atoms with van der Waals surface area (Å²) < 4.78 is 0. The first-order chi connectivity index (χ1) is 7.78. The Morgan fingerprint density at radius 3 is 2.25 bits per heavy atom. The van der Waals surface area contributed by atoms with Crippen molar-refractivity contribution in [1.29, 1.82) is 0 Å². The molecular formula is C14H20N2. The van der Waals surface area contributed by atoms with Crippen LogP contribution in [0.4, 0.5) is 0 Å². The molecule has 2 nitrogen and oxygen atoms in total. The van der Waals surface area contributed by atoms with E-state index in [1.54, 1.807) is 0 Å². The van der Waals surface area contributed by atoms with Crippen LogP contribution in [0.2, 0.25) is 0 Å². The van der Waals surface area contributed by atoms with Gasteiger partial charge in [0.05, 0.1) is 0 Å². The van der Waals surface area contributed by atoms with E-state index >= 15 is 0 Å². The first-order valence-corrected chi connectivity index (χ1v) is 6.33. The molecule has 86 valence electrons. The predicted octanol–water partition coefficient (Wildman–Crippen LogP) is 1.64. The molecule has 2 N–H and O–H groups in total. The number of aryl methyl sites for hydroxylation is 1. The van der Waals surface area contributed by atoms with E-state index in [9.17, 15) is 0 Å². The van der Waals surface area contributed by atoms with Crippen LogP contribution in [0.3, 0.4) is 0 Å². The number of hydrogen-bond acceptors (Lipinski definition) is 2.